The first kappa shape index (κ1) is 27.1. The molecule has 0 saturated carbocycles. The molecule has 0 amide bonds. The molecule has 36 heavy (non-hydrogen) atoms. The van der Waals surface area contributed by atoms with E-state index in [1.165, 1.54) is 34.2 Å². The standard InChI is InChI=1S/C24H22F3N3O4S2/c1-15-7-8-17(23(31)32)11-22(15)36(33)30(20-6-4-3-5-18(20)29-14-35)12-19-16(2)21(9-10-28-19)34-13-24(25,26)27/h3-11,14H,12-13H2,1-2H3,(H,29,35)(H,31,32). The zero-order valence-corrected chi connectivity index (χ0v) is 20.8. The maximum atomic E-state index is 13.9. The molecule has 2 aromatic carbocycles. The quantitative estimate of drug-likeness (QED) is 0.333. The van der Waals surface area contributed by atoms with Crippen LogP contribution in [-0.2, 0) is 17.5 Å². The highest BCUT2D eigenvalue weighted by molar-refractivity contribution is 7.86. The first-order valence-electron chi connectivity index (χ1n) is 10.5. The van der Waals surface area contributed by atoms with Gasteiger partial charge in [-0.05, 0) is 49.7 Å². The van der Waals surface area contributed by atoms with Gasteiger partial charge in [-0.1, -0.05) is 30.4 Å². The molecule has 7 nitrogen and oxygen atoms in total. The lowest BCUT2D eigenvalue weighted by Gasteiger charge is -2.27. The summed E-state index contributed by atoms with van der Waals surface area (Å²) in [5.74, 6) is -1.17. The second-order valence-corrected chi connectivity index (χ2v) is 9.25. The van der Waals surface area contributed by atoms with E-state index in [0.29, 0.717) is 28.2 Å². The Morgan fingerprint density at radius 1 is 1.22 bits per heavy atom. The van der Waals surface area contributed by atoms with E-state index in [1.807, 2.05) is 0 Å². The average molecular weight is 538 g/mol. The molecule has 0 aliphatic heterocycles. The molecule has 0 aliphatic rings. The minimum atomic E-state index is -4.51. The van der Waals surface area contributed by atoms with Crippen LogP contribution in [0.3, 0.4) is 0 Å². The van der Waals surface area contributed by atoms with Crippen LogP contribution in [0.5, 0.6) is 5.75 Å². The van der Waals surface area contributed by atoms with Crippen molar-refractivity contribution in [1.82, 2.24) is 4.98 Å². The smallest absolute Gasteiger partial charge is 0.422 e. The van der Waals surface area contributed by atoms with E-state index >= 15 is 0 Å². The summed E-state index contributed by atoms with van der Waals surface area (Å²) in [7, 11) is -1.94. The number of carboxylic acid groups (broad SMARTS) is 1. The van der Waals surface area contributed by atoms with Crippen LogP contribution in [0.25, 0.3) is 0 Å². The number of alkyl halides is 3. The summed E-state index contributed by atoms with van der Waals surface area (Å²) in [6.45, 7) is 1.71. The number of thiocarbonyl (C=S) groups is 1. The van der Waals surface area contributed by atoms with Crippen molar-refractivity contribution in [2.75, 3.05) is 16.2 Å². The number of aromatic nitrogens is 1. The van der Waals surface area contributed by atoms with E-state index in [4.69, 9.17) is 17.0 Å². The van der Waals surface area contributed by atoms with Gasteiger partial charge in [-0.2, -0.15) is 13.2 Å². The highest BCUT2D eigenvalue weighted by Gasteiger charge is 2.29. The van der Waals surface area contributed by atoms with Crippen molar-refractivity contribution in [3.63, 3.8) is 0 Å². The molecule has 3 rings (SSSR count). The fraction of sp³-hybridized carbons (Fsp3) is 0.208. The summed E-state index contributed by atoms with van der Waals surface area (Å²) >= 11 is 4.92. The van der Waals surface area contributed by atoms with Crippen molar-refractivity contribution in [2.45, 2.75) is 31.5 Å². The Kier molecular flexibility index (Phi) is 8.64. The molecule has 2 N–H and O–H groups in total. The SMILES string of the molecule is Cc1ccc(C(=O)O)cc1S(=O)N(Cc1nccc(OCC(F)(F)F)c1C)c1ccccc1NC=S. The van der Waals surface area contributed by atoms with Gasteiger partial charge in [-0.3, -0.25) is 9.29 Å². The Hall–Kier alpha value is -3.51. The van der Waals surface area contributed by atoms with Crippen molar-refractivity contribution in [3.05, 3.63) is 77.1 Å². The lowest BCUT2D eigenvalue weighted by Crippen LogP contribution is -2.28. The van der Waals surface area contributed by atoms with Crippen molar-refractivity contribution in [3.8, 4) is 5.75 Å². The van der Waals surface area contributed by atoms with Crippen LogP contribution in [0.1, 0.15) is 27.2 Å². The van der Waals surface area contributed by atoms with E-state index in [9.17, 15) is 27.3 Å². The molecule has 190 valence electrons. The first-order chi connectivity index (χ1) is 17.0. The molecule has 3 aromatic rings. The third-order valence-corrected chi connectivity index (χ3v) is 6.81. The van der Waals surface area contributed by atoms with Gasteiger partial charge in [0.25, 0.3) is 0 Å². The minimum Gasteiger partial charge on any atom is -0.484 e. The summed E-state index contributed by atoms with van der Waals surface area (Å²) in [6, 6.07) is 12.5. The number of pyridine rings is 1. The Morgan fingerprint density at radius 2 is 1.94 bits per heavy atom. The third-order valence-electron chi connectivity index (χ3n) is 5.15. The number of para-hydroxylation sites is 2. The number of rotatable bonds is 10. The highest BCUT2D eigenvalue weighted by Crippen LogP contribution is 2.33. The second-order valence-electron chi connectivity index (χ2n) is 7.64. The largest absolute Gasteiger partial charge is 0.484 e. The Bertz CT molecular complexity index is 1300. The normalized spacial score (nSPS) is 12.0. The first-order valence-corrected chi connectivity index (χ1v) is 12.1. The maximum Gasteiger partial charge on any atom is 0.422 e. The Balaban J connectivity index is 2.10. The van der Waals surface area contributed by atoms with Crippen LogP contribution in [0.15, 0.2) is 59.6 Å². The molecule has 1 heterocycles. The van der Waals surface area contributed by atoms with Crippen LogP contribution in [-0.4, -0.2) is 38.5 Å². The molecule has 1 unspecified atom stereocenters. The van der Waals surface area contributed by atoms with Gasteiger partial charge in [-0.15, -0.1) is 0 Å². The number of hydrogen-bond donors (Lipinski definition) is 2. The number of anilines is 2. The second kappa shape index (κ2) is 11.5. The molecule has 0 spiro atoms. The van der Waals surface area contributed by atoms with Crippen molar-refractivity contribution in [1.29, 1.82) is 0 Å². The van der Waals surface area contributed by atoms with Crippen molar-refractivity contribution < 1.29 is 32.0 Å². The van der Waals surface area contributed by atoms with E-state index < -0.39 is 29.7 Å². The summed E-state index contributed by atoms with van der Waals surface area (Å²) in [4.78, 5) is 16.1. The topological polar surface area (TPSA) is 91.8 Å². The Labute approximate surface area is 213 Å². The average Bonchev–Trinajstić information content (AvgIpc) is 2.82. The van der Waals surface area contributed by atoms with Gasteiger partial charge >= 0.3 is 12.1 Å². The van der Waals surface area contributed by atoms with Gasteiger partial charge in [0.1, 0.15) is 5.75 Å². The summed E-state index contributed by atoms with van der Waals surface area (Å²) in [6.07, 6.45) is -3.20. The maximum absolute atomic E-state index is 13.9. The Morgan fingerprint density at radius 3 is 2.61 bits per heavy atom. The number of halogens is 3. The number of carbonyl (C=O) groups is 1. The van der Waals surface area contributed by atoms with Crippen LogP contribution in [0.4, 0.5) is 24.5 Å². The van der Waals surface area contributed by atoms with Gasteiger partial charge in [0, 0.05) is 11.8 Å². The third kappa shape index (κ3) is 6.58. The summed E-state index contributed by atoms with van der Waals surface area (Å²) in [5, 5.41) is 12.3. The molecule has 12 heteroatoms. The van der Waals surface area contributed by atoms with Gasteiger partial charge in [-0.25, -0.2) is 9.00 Å². The van der Waals surface area contributed by atoms with E-state index in [2.05, 4.69) is 10.3 Å². The molecule has 0 saturated heterocycles. The van der Waals surface area contributed by atoms with E-state index in [-0.39, 0.29) is 22.8 Å². The van der Waals surface area contributed by atoms with E-state index in [1.54, 1.807) is 44.2 Å². The number of hydrogen-bond acceptors (Lipinski definition) is 5. The van der Waals surface area contributed by atoms with Crippen LogP contribution >= 0.6 is 12.2 Å². The predicted molar refractivity (Wildman–Crippen MR) is 135 cm³/mol. The fourth-order valence-electron chi connectivity index (χ4n) is 3.32. The van der Waals surface area contributed by atoms with Gasteiger partial charge in [0.15, 0.2) is 17.6 Å². The van der Waals surface area contributed by atoms with Crippen molar-refractivity contribution >= 4 is 46.0 Å². The number of aryl methyl sites for hydroxylation is 1. The van der Waals surface area contributed by atoms with E-state index in [0.717, 1.165) is 0 Å². The summed E-state index contributed by atoms with van der Waals surface area (Å²) in [5.41, 5.74) is 3.49. The lowest BCUT2D eigenvalue weighted by molar-refractivity contribution is -0.153. The fourth-order valence-corrected chi connectivity index (χ4v) is 4.83. The van der Waals surface area contributed by atoms with Gasteiger partial charge in [0.05, 0.1) is 39.6 Å². The number of carboxylic acids is 1. The zero-order valence-electron chi connectivity index (χ0n) is 19.2. The molecule has 0 aliphatic carbocycles. The number of nitrogens with one attached hydrogen (secondary N) is 1. The van der Waals surface area contributed by atoms with Gasteiger partial charge < -0.3 is 15.2 Å². The molecule has 0 fully saturated rings. The molecular formula is C24H22F3N3O4S2. The predicted octanol–water partition coefficient (Wildman–Crippen LogP) is 5.44. The minimum absolute atomic E-state index is 0.00239. The summed E-state index contributed by atoms with van der Waals surface area (Å²) < 4.78 is 58.4. The monoisotopic (exact) mass is 537 g/mol. The lowest BCUT2D eigenvalue weighted by atomic mass is 10.1. The van der Waals surface area contributed by atoms with Crippen molar-refractivity contribution in [2.24, 2.45) is 0 Å². The molecule has 1 atom stereocenters. The van der Waals surface area contributed by atoms with Crippen LogP contribution < -0.4 is 14.4 Å². The number of ether oxygens (including phenoxy) is 1. The molecule has 0 radical (unpaired) electrons. The number of nitrogens with zero attached hydrogens (tertiary/aromatic N) is 2. The molecule has 0 bridgehead atoms. The molecular weight excluding hydrogens is 515 g/mol. The van der Waals surface area contributed by atoms with Crippen LogP contribution in [0, 0.1) is 13.8 Å². The number of benzene rings is 2. The molecule has 1 aromatic heterocycles. The van der Waals surface area contributed by atoms with Crippen LogP contribution in [0.2, 0.25) is 0 Å². The van der Waals surface area contributed by atoms with Gasteiger partial charge in [0.2, 0.25) is 0 Å². The number of aromatic carboxylic acids is 1. The highest BCUT2D eigenvalue weighted by atomic mass is 32.2. The zero-order chi connectivity index (χ0) is 26.5.